The summed E-state index contributed by atoms with van der Waals surface area (Å²) in [4.78, 5) is 37.6. The van der Waals surface area contributed by atoms with Crippen LogP contribution in [0.4, 0.5) is 11.4 Å². The molecule has 6 nitrogen and oxygen atoms in total. The van der Waals surface area contributed by atoms with Gasteiger partial charge in [-0.05, 0) is 43.7 Å². The Balaban J connectivity index is 1.56. The Morgan fingerprint density at radius 3 is 2.52 bits per heavy atom. The van der Waals surface area contributed by atoms with E-state index in [0.29, 0.717) is 34.9 Å². The first-order valence-electron chi connectivity index (χ1n) is 8.68. The molecule has 1 heterocycles. The third-order valence-electron chi connectivity index (χ3n) is 4.32. The largest absolute Gasteiger partial charge is 0.343 e. The first-order valence-corrected chi connectivity index (χ1v) is 9.06. The standard InChI is InChI=1S/C20H20ClN3O3/c1-13-4-6-14(7-5-13)20(27)22-12-18(25)23-15-8-9-17(16(21)11-15)24-10-2-3-19(24)26/h4-9,11H,2-3,10,12H2,1H3,(H,22,27)(H,23,25). The van der Waals surface area contributed by atoms with Crippen LogP contribution in [-0.4, -0.2) is 30.8 Å². The summed E-state index contributed by atoms with van der Waals surface area (Å²) in [5, 5.41) is 5.66. The van der Waals surface area contributed by atoms with Crippen LogP contribution >= 0.6 is 11.6 Å². The van der Waals surface area contributed by atoms with Gasteiger partial charge in [0.05, 0.1) is 17.3 Å². The minimum absolute atomic E-state index is 0.0486. The highest BCUT2D eigenvalue weighted by Gasteiger charge is 2.23. The molecule has 2 N–H and O–H groups in total. The summed E-state index contributed by atoms with van der Waals surface area (Å²) >= 11 is 6.26. The van der Waals surface area contributed by atoms with Crippen LogP contribution in [0.25, 0.3) is 0 Å². The zero-order valence-electron chi connectivity index (χ0n) is 14.9. The topological polar surface area (TPSA) is 78.5 Å². The number of benzene rings is 2. The molecule has 2 aromatic carbocycles. The van der Waals surface area contributed by atoms with E-state index in [1.165, 1.54) is 0 Å². The molecule has 3 amide bonds. The number of amides is 3. The van der Waals surface area contributed by atoms with Crippen molar-refractivity contribution >= 4 is 40.7 Å². The molecule has 0 spiro atoms. The molecule has 0 radical (unpaired) electrons. The van der Waals surface area contributed by atoms with E-state index in [1.54, 1.807) is 35.2 Å². The normalized spacial score (nSPS) is 13.6. The Bertz CT molecular complexity index is 881. The number of hydrogen-bond acceptors (Lipinski definition) is 3. The van der Waals surface area contributed by atoms with E-state index in [2.05, 4.69) is 10.6 Å². The molecule has 1 fully saturated rings. The van der Waals surface area contributed by atoms with Crippen molar-refractivity contribution in [1.29, 1.82) is 0 Å². The van der Waals surface area contributed by atoms with Gasteiger partial charge in [-0.15, -0.1) is 0 Å². The minimum Gasteiger partial charge on any atom is -0.343 e. The van der Waals surface area contributed by atoms with Crippen molar-refractivity contribution < 1.29 is 14.4 Å². The molecular formula is C20H20ClN3O3. The number of hydrogen-bond donors (Lipinski definition) is 2. The van der Waals surface area contributed by atoms with Gasteiger partial charge in [0.1, 0.15) is 0 Å². The summed E-state index contributed by atoms with van der Waals surface area (Å²) in [6, 6.07) is 12.1. The maximum Gasteiger partial charge on any atom is 0.251 e. The van der Waals surface area contributed by atoms with Crippen molar-refractivity contribution in [3.05, 3.63) is 58.6 Å². The van der Waals surface area contributed by atoms with Gasteiger partial charge in [-0.25, -0.2) is 0 Å². The second kappa shape index (κ2) is 8.22. The highest BCUT2D eigenvalue weighted by atomic mass is 35.5. The van der Waals surface area contributed by atoms with Crippen molar-refractivity contribution in [3.63, 3.8) is 0 Å². The second-order valence-electron chi connectivity index (χ2n) is 6.41. The Hall–Kier alpha value is -2.86. The quantitative estimate of drug-likeness (QED) is 0.829. The number of halogens is 1. The first-order chi connectivity index (χ1) is 12.9. The average molecular weight is 386 g/mol. The molecule has 140 valence electrons. The van der Waals surface area contributed by atoms with E-state index in [1.807, 2.05) is 19.1 Å². The van der Waals surface area contributed by atoms with Crippen LogP contribution in [0.15, 0.2) is 42.5 Å². The van der Waals surface area contributed by atoms with E-state index in [9.17, 15) is 14.4 Å². The molecule has 1 aliphatic heterocycles. The third-order valence-corrected chi connectivity index (χ3v) is 4.62. The fraction of sp³-hybridized carbons (Fsp3) is 0.250. The molecule has 1 saturated heterocycles. The highest BCUT2D eigenvalue weighted by molar-refractivity contribution is 6.34. The van der Waals surface area contributed by atoms with E-state index >= 15 is 0 Å². The summed E-state index contributed by atoms with van der Waals surface area (Å²) in [6.45, 7) is 2.43. The molecule has 0 unspecified atom stereocenters. The Morgan fingerprint density at radius 2 is 1.89 bits per heavy atom. The lowest BCUT2D eigenvalue weighted by Crippen LogP contribution is -2.32. The van der Waals surface area contributed by atoms with Crippen molar-refractivity contribution in [3.8, 4) is 0 Å². The van der Waals surface area contributed by atoms with Gasteiger partial charge >= 0.3 is 0 Å². The maximum atomic E-state index is 12.1. The summed E-state index contributed by atoms with van der Waals surface area (Å²) in [5.41, 5.74) is 2.70. The molecule has 0 aromatic heterocycles. The van der Waals surface area contributed by atoms with Crippen LogP contribution in [0.5, 0.6) is 0 Å². The molecular weight excluding hydrogens is 366 g/mol. The number of nitrogens with one attached hydrogen (secondary N) is 2. The van der Waals surface area contributed by atoms with Gasteiger partial charge in [0.2, 0.25) is 11.8 Å². The molecule has 1 aliphatic rings. The number of anilines is 2. The summed E-state index contributed by atoms with van der Waals surface area (Å²) in [7, 11) is 0. The number of rotatable bonds is 5. The lowest BCUT2D eigenvalue weighted by atomic mass is 10.1. The summed E-state index contributed by atoms with van der Waals surface area (Å²) in [5.74, 6) is -0.630. The van der Waals surface area contributed by atoms with E-state index in [-0.39, 0.29) is 24.3 Å². The lowest BCUT2D eigenvalue weighted by molar-refractivity contribution is -0.117. The molecule has 0 saturated carbocycles. The van der Waals surface area contributed by atoms with Gasteiger partial charge in [0.25, 0.3) is 5.91 Å². The van der Waals surface area contributed by atoms with Crippen LogP contribution in [0.1, 0.15) is 28.8 Å². The molecule has 0 bridgehead atoms. The zero-order chi connectivity index (χ0) is 19.4. The predicted molar refractivity (Wildman–Crippen MR) is 105 cm³/mol. The summed E-state index contributed by atoms with van der Waals surface area (Å²) in [6.07, 6.45) is 1.34. The Morgan fingerprint density at radius 1 is 1.15 bits per heavy atom. The number of aryl methyl sites for hydroxylation is 1. The van der Waals surface area contributed by atoms with Crippen molar-refractivity contribution in [2.24, 2.45) is 0 Å². The first kappa shape index (κ1) is 18.9. The molecule has 0 atom stereocenters. The Labute approximate surface area is 162 Å². The van der Waals surface area contributed by atoms with Gasteiger partial charge in [-0.2, -0.15) is 0 Å². The molecule has 2 aromatic rings. The van der Waals surface area contributed by atoms with Gasteiger partial charge in [0.15, 0.2) is 0 Å². The molecule has 3 rings (SSSR count). The van der Waals surface area contributed by atoms with Crippen molar-refractivity contribution in [2.45, 2.75) is 19.8 Å². The van der Waals surface area contributed by atoms with Gasteiger partial charge in [0, 0.05) is 24.2 Å². The zero-order valence-corrected chi connectivity index (χ0v) is 15.7. The van der Waals surface area contributed by atoms with Gasteiger partial charge in [-0.1, -0.05) is 29.3 Å². The van der Waals surface area contributed by atoms with E-state index in [4.69, 9.17) is 11.6 Å². The smallest absolute Gasteiger partial charge is 0.251 e. The van der Waals surface area contributed by atoms with Crippen LogP contribution in [0.2, 0.25) is 5.02 Å². The van der Waals surface area contributed by atoms with Gasteiger partial charge < -0.3 is 15.5 Å². The monoisotopic (exact) mass is 385 g/mol. The van der Waals surface area contributed by atoms with Crippen LogP contribution in [-0.2, 0) is 9.59 Å². The number of nitrogens with zero attached hydrogens (tertiary/aromatic N) is 1. The van der Waals surface area contributed by atoms with E-state index < -0.39 is 0 Å². The minimum atomic E-state index is -0.364. The lowest BCUT2D eigenvalue weighted by Gasteiger charge is -2.18. The average Bonchev–Trinajstić information content (AvgIpc) is 3.06. The second-order valence-corrected chi connectivity index (χ2v) is 6.82. The fourth-order valence-electron chi connectivity index (χ4n) is 2.88. The third kappa shape index (κ3) is 4.65. The van der Waals surface area contributed by atoms with E-state index in [0.717, 1.165) is 12.0 Å². The fourth-order valence-corrected chi connectivity index (χ4v) is 3.16. The highest BCUT2D eigenvalue weighted by Crippen LogP contribution is 2.31. The van der Waals surface area contributed by atoms with Crippen molar-refractivity contribution in [1.82, 2.24) is 5.32 Å². The van der Waals surface area contributed by atoms with Crippen LogP contribution in [0.3, 0.4) is 0 Å². The number of carbonyl (C=O) groups excluding carboxylic acids is 3. The molecule has 27 heavy (non-hydrogen) atoms. The Kier molecular flexibility index (Phi) is 5.76. The molecule has 0 aliphatic carbocycles. The predicted octanol–water partition coefficient (Wildman–Crippen LogP) is 3.14. The molecule has 7 heteroatoms. The number of carbonyl (C=O) groups is 3. The van der Waals surface area contributed by atoms with Gasteiger partial charge in [-0.3, -0.25) is 14.4 Å². The van der Waals surface area contributed by atoms with Crippen LogP contribution < -0.4 is 15.5 Å². The van der Waals surface area contributed by atoms with Crippen molar-refractivity contribution in [2.75, 3.05) is 23.3 Å². The maximum absolute atomic E-state index is 12.1. The SMILES string of the molecule is Cc1ccc(C(=O)NCC(=O)Nc2ccc(N3CCCC3=O)c(Cl)c2)cc1. The summed E-state index contributed by atoms with van der Waals surface area (Å²) < 4.78 is 0. The van der Waals surface area contributed by atoms with Crippen LogP contribution in [0, 0.1) is 6.92 Å².